The molecular weight excluding hydrogens is 262 g/mol. The molecule has 1 heterocycles. The zero-order valence-corrected chi connectivity index (χ0v) is 12.2. The van der Waals surface area contributed by atoms with Crippen molar-refractivity contribution in [2.45, 2.75) is 19.9 Å². The molecule has 0 fully saturated rings. The van der Waals surface area contributed by atoms with E-state index >= 15 is 0 Å². The molecule has 0 saturated heterocycles. The topological polar surface area (TPSA) is 48.4 Å². The van der Waals surface area contributed by atoms with Crippen LogP contribution in [0.5, 0.6) is 11.5 Å². The largest absolute Gasteiger partial charge is 0.459 e. The third-order valence-electron chi connectivity index (χ3n) is 3.53. The fourth-order valence-electron chi connectivity index (χ4n) is 2.22. The fourth-order valence-corrected chi connectivity index (χ4v) is 2.22. The molecule has 1 aromatic heterocycles. The minimum atomic E-state index is -0.0871. The Balaban J connectivity index is 1.90. The van der Waals surface area contributed by atoms with Gasteiger partial charge < -0.3 is 14.9 Å². The number of nitrogens with two attached hydrogens (primary N) is 1. The summed E-state index contributed by atoms with van der Waals surface area (Å²) in [5.74, 6) is 2.76. The first kappa shape index (κ1) is 13.7. The number of fused-ring (bicyclic) bond motifs is 1. The van der Waals surface area contributed by atoms with E-state index in [9.17, 15) is 0 Å². The molecule has 3 heteroatoms. The van der Waals surface area contributed by atoms with Crippen LogP contribution in [-0.4, -0.2) is 0 Å². The van der Waals surface area contributed by atoms with Gasteiger partial charge in [-0.3, -0.25) is 0 Å². The number of hydrogen-bond acceptors (Lipinski definition) is 3. The Labute approximate surface area is 124 Å². The molecule has 2 aromatic carbocycles. The first-order valence-electron chi connectivity index (χ1n) is 7.15. The zero-order valence-electron chi connectivity index (χ0n) is 12.2. The van der Waals surface area contributed by atoms with Crippen LogP contribution in [0.2, 0.25) is 0 Å². The predicted molar refractivity (Wildman–Crippen MR) is 84.5 cm³/mol. The maximum Gasteiger partial charge on any atom is 0.134 e. The number of furan rings is 1. The van der Waals surface area contributed by atoms with Crippen molar-refractivity contribution in [2.24, 2.45) is 11.7 Å². The van der Waals surface area contributed by atoms with E-state index in [-0.39, 0.29) is 6.04 Å². The predicted octanol–water partition coefficient (Wildman–Crippen LogP) is 4.88. The van der Waals surface area contributed by atoms with Gasteiger partial charge in [-0.05, 0) is 42.3 Å². The molecule has 3 aromatic rings. The van der Waals surface area contributed by atoms with Gasteiger partial charge in [-0.2, -0.15) is 0 Å². The lowest BCUT2D eigenvalue weighted by atomic mass is 10.0. The first-order chi connectivity index (χ1) is 10.1. The first-order valence-corrected chi connectivity index (χ1v) is 7.15. The normalized spacial score (nSPS) is 12.8. The summed E-state index contributed by atoms with van der Waals surface area (Å²) in [4.78, 5) is 0. The van der Waals surface area contributed by atoms with Crippen molar-refractivity contribution in [3.63, 3.8) is 0 Å². The Morgan fingerprint density at radius 3 is 2.43 bits per heavy atom. The summed E-state index contributed by atoms with van der Waals surface area (Å²) in [6.45, 7) is 4.17. The Bertz CT molecular complexity index is 731. The molecule has 0 aliphatic carbocycles. The van der Waals surface area contributed by atoms with Crippen LogP contribution in [0.4, 0.5) is 0 Å². The summed E-state index contributed by atoms with van der Waals surface area (Å²) >= 11 is 0. The van der Waals surface area contributed by atoms with Gasteiger partial charge in [-0.1, -0.05) is 32.0 Å². The van der Waals surface area contributed by atoms with Crippen molar-refractivity contribution in [1.82, 2.24) is 0 Å². The molecule has 0 aliphatic rings. The van der Waals surface area contributed by atoms with Crippen LogP contribution in [0.25, 0.3) is 11.0 Å². The van der Waals surface area contributed by atoms with Crippen molar-refractivity contribution in [3.05, 3.63) is 60.4 Å². The van der Waals surface area contributed by atoms with Gasteiger partial charge in [0.25, 0.3) is 0 Å². The van der Waals surface area contributed by atoms with Crippen LogP contribution in [0.3, 0.4) is 0 Å². The van der Waals surface area contributed by atoms with Gasteiger partial charge in [0.2, 0.25) is 0 Å². The quantitative estimate of drug-likeness (QED) is 0.741. The second-order valence-corrected chi connectivity index (χ2v) is 5.53. The Morgan fingerprint density at radius 1 is 0.952 bits per heavy atom. The standard InChI is InChI=1S/C18H19NO2/c1-12(2)18(19)17-11-13-10-15(8-9-16(13)21-17)20-14-6-4-3-5-7-14/h3-12,18H,19H2,1-2H3. The Kier molecular flexibility index (Phi) is 3.67. The van der Waals surface area contributed by atoms with E-state index in [0.717, 1.165) is 28.2 Å². The molecule has 0 aliphatic heterocycles. The smallest absolute Gasteiger partial charge is 0.134 e. The van der Waals surface area contributed by atoms with Crippen LogP contribution in [-0.2, 0) is 0 Å². The highest BCUT2D eigenvalue weighted by atomic mass is 16.5. The molecule has 3 nitrogen and oxygen atoms in total. The maximum absolute atomic E-state index is 6.14. The van der Waals surface area contributed by atoms with E-state index in [0.29, 0.717) is 5.92 Å². The lowest BCUT2D eigenvalue weighted by molar-refractivity contribution is 0.418. The molecular formula is C18H19NO2. The van der Waals surface area contributed by atoms with Gasteiger partial charge in [0.05, 0.1) is 6.04 Å². The minimum Gasteiger partial charge on any atom is -0.459 e. The minimum absolute atomic E-state index is 0.0871. The number of ether oxygens (including phenoxy) is 1. The zero-order chi connectivity index (χ0) is 14.8. The fraction of sp³-hybridized carbons (Fsp3) is 0.222. The molecule has 3 rings (SSSR count). The highest BCUT2D eigenvalue weighted by Crippen LogP contribution is 2.30. The summed E-state index contributed by atoms with van der Waals surface area (Å²) in [6, 6.07) is 17.4. The lowest BCUT2D eigenvalue weighted by Crippen LogP contribution is -2.15. The van der Waals surface area contributed by atoms with Gasteiger partial charge in [-0.15, -0.1) is 0 Å². The van der Waals surface area contributed by atoms with E-state index < -0.39 is 0 Å². The van der Waals surface area contributed by atoms with E-state index in [4.69, 9.17) is 14.9 Å². The van der Waals surface area contributed by atoms with Crippen molar-refractivity contribution >= 4 is 11.0 Å². The second-order valence-electron chi connectivity index (χ2n) is 5.53. The van der Waals surface area contributed by atoms with Crippen LogP contribution < -0.4 is 10.5 Å². The molecule has 1 unspecified atom stereocenters. The molecule has 21 heavy (non-hydrogen) atoms. The molecule has 2 N–H and O–H groups in total. The van der Waals surface area contributed by atoms with Crippen LogP contribution in [0, 0.1) is 5.92 Å². The van der Waals surface area contributed by atoms with Gasteiger partial charge >= 0.3 is 0 Å². The Hall–Kier alpha value is -2.26. The van der Waals surface area contributed by atoms with Crippen LogP contribution in [0.15, 0.2) is 59.0 Å². The molecule has 0 saturated carbocycles. The van der Waals surface area contributed by atoms with Gasteiger partial charge in [-0.25, -0.2) is 0 Å². The van der Waals surface area contributed by atoms with Crippen LogP contribution >= 0.6 is 0 Å². The summed E-state index contributed by atoms with van der Waals surface area (Å²) in [6.07, 6.45) is 0. The van der Waals surface area contributed by atoms with E-state index in [1.165, 1.54) is 0 Å². The highest BCUT2D eigenvalue weighted by Gasteiger charge is 2.15. The summed E-state index contributed by atoms with van der Waals surface area (Å²) in [5.41, 5.74) is 6.97. The van der Waals surface area contributed by atoms with E-state index in [2.05, 4.69) is 13.8 Å². The van der Waals surface area contributed by atoms with Gasteiger partial charge in [0, 0.05) is 5.39 Å². The van der Waals surface area contributed by atoms with Crippen molar-refractivity contribution in [3.8, 4) is 11.5 Å². The Morgan fingerprint density at radius 2 is 1.71 bits per heavy atom. The molecule has 108 valence electrons. The second kappa shape index (κ2) is 5.62. The van der Waals surface area contributed by atoms with Crippen molar-refractivity contribution in [1.29, 1.82) is 0 Å². The number of benzene rings is 2. The molecule has 0 spiro atoms. The molecule has 0 radical (unpaired) electrons. The van der Waals surface area contributed by atoms with E-state index in [1.807, 2.05) is 54.6 Å². The molecule has 1 atom stereocenters. The number of hydrogen-bond donors (Lipinski definition) is 1. The third kappa shape index (κ3) is 2.93. The average Bonchev–Trinajstić information content (AvgIpc) is 2.90. The summed E-state index contributed by atoms with van der Waals surface area (Å²) in [5, 5.41) is 1.01. The van der Waals surface area contributed by atoms with Gasteiger partial charge in [0.1, 0.15) is 22.8 Å². The summed E-state index contributed by atoms with van der Waals surface area (Å²) < 4.78 is 11.6. The molecule has 0 amide bonds. The number of para-hydroxylation sites is 1. The van der Waals surface area contributed by atoms with Crippen molar-refractivity contribution in [2.75, 3.05) is 0 Å². The maximum atomic E-state index is 6.14. The molecule has 0 bridgehead atoms. The van der Waals surface area contributed by atoms with Gasteiger partial charge in [0.15, 0.2) is 0 Å². The third-order valence-corrected chi connectivity index (χ3v) is 3.53. The highest BCUT2D eigenvalue weighted by molar-refractivity contribution is 5.79. The van der Waals surface area contributed by atoms with Crippen LogP contribution in [0.1, 0.15) is 25.6 Å². The monoisotopic (exact) mass is 281 g/mol. The van der Waals surface area contributed by atoms with Crippen molar-refractivity contribution < 1.29 is 9.15 Å². The van der Waals surface area contributed by atoms with E-state index in [1.54, 1.807) is 0 Å². The number of rotatable bonds is 4. The average molecular weight is 281 g/mol. The SMILES string of the molecule is CC(C)C(N)c1cc2cc(Oc3ccccc3)ccc2o1. The lowest BCUT2D eigenvalue weighted by Gasteiger charge is -2.11. The summed E-state index contributed by atoms with van der Waals surface area (Å²) in [7, 11) is 0.